The second kappa shape index (κ2) is 7.47. The number of amides is 1. The molecule has 0 saturated carbocycles. The third-order valence-corrected chi connectivity index (χ3v) is 4.75. The normalized spacial score (nSPS) is 21.3. The van der Waals surface area contributed by atoms with Crippen LogP contribution in [0.15, 0.2) is 24.3 Å². The van der Waals surface area contributed by atoms with Gasteiger partial charge in [-0.15, -0.1) is 0 Å². The monoisotopic (exact) mass is 353 g/mol. The Morgan fingerprint density at radius 2 is 2.00 bits per heavy atom. The van der Waals surface area contributed by atoms with Gasteiger partial charge in [-0.1, -0.05) is 17.7 Å². The molecule has 2 fully saturated rings. The predicted molar refractivity (Wildman–Crippen MR) is 94.8 cm³/mol. The first-order valence-electron chi connectivity index (χ1n) is 7.85. The Balaban J connectivity index is 1.50. The highest BCUT2D eigenvalue weighted by Crippen LogP contribution is 2.18. The highest BCUT2D eigenvalue weighted by atomic mass is 35.5. The second-order valence-corrected chi connectivity index (χ2v) is 6.58. The Labute approximate surface area is 146 Å². The van der Waals surface area contributed by atoms with E-state index in [0.29, 0.717) is 29.8 Å². The van der Waals surface area contributed by atoms with Crippen molar-refractivity contribution < 1.29 is 9.53 Å². The Morgan fingerprint density at radius 3 is 2.65 bits per heavy atom. The summed E-state index contributed by atoms with van der Waals surface area (Å²) in [5.41, 5.74) is 0.875. The summed E-state index contributed by atoms with van der Waals surface area (Å²) in [4.78, 5) is 16.3. The number of carbonyl (C=O) groups excluding carboxylic acids is 1. The minimum absolute atomic E-state index is 0.121. The fourth-order valence-corrected chi connectivity index (χ4v) is 3.37. The zero-order valence-corrected chi connectivity index (χ0v) is 14.4. The number of nitrogens with one attached hydrogen (secondary N) is 1. The number of nitrogens with zero attached hydrogens (tertiary/aromatic N) is 2. The molecule has 0 aliphatic carbocycles. The zero-order valence-electron chi connectivity index (χ0n) is 12.8. The molecule has 0 bridgehead atoms. The molecule has 23 heavy (non-hydrogen) atoms. The molecular formula is C16H20ClN3O2S. The molecule has 0 unspecified atom stereocenters. The maximum atomic E-state index is 12.3. The number of anilines is 1. The fourth-order valence-electron chi connectivity index (χ4n) is 2.87. The lowest BCUT2D eigenvalue weighted by Gasteiger charge is -2.37. The average Bonchev–Trinajstić information content (AvgIpc) is 3.09. The first kappa shape index (κ1) is 16.5. The molecule has 0 radical (unpaired) electrons. The molecule has 1 atom stereocenters. The Bertz CT molecular complexity index is 584. The quantitative estimate of drug-likeness (QED) is 0.827. The highest BCUT2D eigenvalue weighted by molar-refractivity contribution is 7.80. The van der Waals surface area contributed by atoms with E-state index in [1.807, 2.05) is 29.2 Å². The molecule has 2 aliphatic heterocycles. The van der Waals surface area contributed by atoms with E-state index < -0.39 is 0 Å². The van der Waals surface area contributed by atoms with Crippen LogP contribution in [0.1, 0.15) is 12.8 Å². The number of hydrogen-bond donors (Lipinski definition) is 1. The van der Waals surface area contributed by atoms with E-state index >= 15 is 0 Å². The third-order valence-electron chi connectivity index (χ3n) is 4.16. The van der Waals surface area contributed by atoms with Crippen molar-refractivity contribution in [1.29, 1.82) is 0 Å². The standard InChI is InChI=1S/C16H20ClN3O2S/c17-12-3-1-4-13(11-12)18-16(23)20-8-6-19(7-9-20)15(21)14-5-2-10-22-14/h1,3-4,11,14H,2,5-10H2,(H,18,23)/t14-/m0/s1. The van der Waals surface area contributed by atoms with E-state index in [9.17, 15) is 4.79 Å². The van der Waals surface area contributed by atoms with Crippen molar-refractivity contribution in [2.24, 2.45) is 0 Å². The molecule has 2 heterocycles. The lowest BCUT2D eigenvalue weighted by Crippen LogP contribution is -2.53. The number of halogens is 1. The molecule has 2 aliphatic rings. The maximum Gasteiger partial charge on any atom is 0.251 e. The van der Waals surface area contributed by atoms with Gasteiger partial charge in [-0.2, -0.15) is 0 Å². The Hall–Kier alpha value is -1.37. The van der Waals surface area contributed by atoms with E-state index in [4.69, 9.17) is 28.6 Å². The van der Waals surface area contributed by atoms with Crippen LogP contribution in [0.2, 0.25) is 5.02 Å². The van der Waals surface area contributed by atoms with Gasteiger partial charge in [0.15, 0.2) is 5.11 Å². The minimum Gasteiger partial charge on any atom is -0.368 e. The van der Waals surface area contributed by atoms with Crippen molar-refractivity contribution in [3.05, 3.63) is 29.3 Å². The van der Waals surface area contributed by atoms with Gasteiger partial charge >= 0.3 is 0 Å². The van der Waals surface area contributed by atoms with E-state index in [1.54, 1.807) is 0 Å². The van der Waals surface area contributed by atoms with Crippen LogP contribution in [-0.4, -0.2) is 59.7 Å². The van der Waals surface area contributed by atoms with Crippen molar-refractivity contribution >= 4 is 40.5 Å². The van der Waals surface area contributed by atoms with Gasteiger partial charge in [-0.05, 0) is 43.3 Å². The average molecular weight is 354 g/mol. The first-order chi connectivity index (χ1) is 11.1. The number of hydrogen-bond acceptors (Lipinski definition) is 3. The predicted octanol–water partition coefficient (Wildman–Crippen LogP) is 2.36. The Morgan fingerprint density at radius 1 is 1.26 bits per heavy atom. The van der Waals surface area contributed by atoms with Crippen LogP contribution in [-0.2, 0) is 9.53 Å². The molecule has 3 rings (SSSR count). The fraction of sp³-hybridized carbons (Fsp3) is 0.500. The first-order valence-corrected chi connectivity index (χ1v) is 8.64. The van der Waals surface area contributed by atoms with E-state index in [0.717, 1.165) is 31.6 Å². The number of piperazine rings is 1. The van der Waals surface area contributed by atoms with Crippen LogP contribution in [0.3, 0.4) is 0 Å². The molecule has 1 amide bonds. The lowest BCUT2D eigenvalue weighted by molar-refractivity contribution is -0.142. The molecule has 1 aromatic carbocycles. The molecule has 1 N–H and O–H groups in total. The molecule has 5 nitrogen and oxygen atoms in total. The number of thiocarbonyl (C=S) groups is 1. The van der Waals surface area contributed by atoms with Gasteiger partial charge in [0, 0.05) is 43.5 Å². The summed E-state index contributed by atoms with van der Waals surface area (Å²) in [6, 6.07) is 7.47. The largest absolute Gasteiger partial charge is 0.368 e. The zero-order chi connectivity index (χ0) is 16.2. The Kier molecular flexibility index (Phi) is 5.35. The van der Waals surface area contributed by atoms with Crippen LogP contribution in [0.25, 0.3) is 0 Å². The molecular weight excluding hydrogens is 334 g/mol. The van der Waals surface area contributed by atoms with Gasteiger partial charge in [-0.3, -0.25) is 4.79 Å². The van der Waals surface area contributed by atoms with Gasteiger partial charge in [0.1, 0.15) is 6.10 Å². The SMILES string of the molecule is O=C([C@@H]1CCCO1)N1CCN(C(=S)Nc2cccc(Cl)c2)CC1. The summed E-state index contributed by atoms with van der Waals surface area (Å²) in [5.74, 6) is 0.121. The topological polar surface area (TPSA) is 44.8 Å². The molecule has 7 heteroatoms. The molecule has 124 valence electrons. The molecule has 0 aromatic heterocycles. The van der Waals surface area contributed by atoms with Gasteiger partial charge in [0.25, 0.3) is 5.91 Å². The number of rotatable bonds is 2. The lowest BCUT2D eigenvalue weighted by atomic mass is 10.2. The van der Waals surface area contributed by atoms with E-state index in [1.165, 1.54) is 0 Å². The van der Waals surface area contributed by atoms with Gasteiger partial charge in [0.05, 0.1) is 0 Å². The summed E-state index contributed by atoms with van der Waals surface area (Å²) in [6.45, 7) is 3.51. The van der Waals surface area contributed by atoms with Gasteiger partial charge in [-0.25, -0.2) is 0 Å². The van der Waals surface area contributed by atoms with Crippen molar-refractivity contribution in [2.75, 3.05) is 38.1 Å². The van der Waals surface area contributed by atoms with Gasteiger partial charge in [0.2, 0.25) is 0 Å². The number of ether oxygens (including phenoxy) is 1. The summed E-state index contributed by atoms with van der Waals surface area (Å²) < 4.78 is 5.48. The van der Waals surface area contributed by atoms with Crippen molar-refractivity contribution in [2.45, 2.75) is 18.9 Å². The third kappa shape index (κ3) is 4.13. The van der Waals surface area contributed by atoms with Crippen LogP contribution >= 0.6 is 23.8 Å². The minimum atomic E-state index is -0.238. The molecule has 2 saturated heterocycles. The number of benzene rings is 1. The summed E-state index contributed by atoms with van der Waals surface area (Å²) in [7, 11) is 0. The summed E-state index contributed by atoms with van der Waals surface area (Å²) in [6.07, 6.45) is 1.58. The summed E-state index contributed by atoms with van der Waals surface area (Å²) in [5, 5.41) is 4.53. The van der Waals surface area contributed by atoms with Crippen LogP contribution in [0.5, 0.6) is 0 Å². The number of carbonyl (C=O) groups is 1. The van der Waals surface area contributed by atoms with Crippen molar-refractivity contribution in [3.63, 3.8) is 0 Å². The highest BCUT2D eigenvalue weighted by Gasteiger charge is 2.30. The second-order valence-electron chi connectivity index (χ2n) is 5.75. The van der Waals surface area contributed by atoms with Crippen molar-refractivity contribution in [1.82, 2.24) is 9.80 Å². The van der Waals surface area contributed by atoms with E-state index in [2.05, 4.69) is 10.2 Å². The van der Waals surface area contributed by atoms with Gasteiger partial charge < -0.3 is 19.9 Å². The van der Waals surface area contributed by atoms with Crippen LogP contribution in [0.4, 0.5) is 5.69 Å². The maximum absolute atomic E-state index is 12.3. The van der Waals surface area contributed by atoms with E-state index in [-0.39, 0.29) is 12.0 Å². The molecule has 1 aromatic rings. The summed E-state index contributed by atoms with van der Waals surface area (Å²) >= 11 is 11.4. The smallest absolute Gasteiger partial charge is 0.251 e. The van der Waals surface area contributed by atoms with Crippen LogP contribution < -0.4 is 5.32 Å². The van der Waals surface area contributed by atoms with Crippen molar-refractivity contribution in [3.8, 4) is 0 Å². The molecule has 0 spiro atoms. The van der Waals surface area contributed by atoms with Crippen LogP contribution in [0, 0.1) is 0 Å².